The van der Waals surface area contributed by atoms with Gasteiger partial charge in [-0.05, 0) is 36.8 Å². The van der Waals surface area contributed by atoms with Crippen LogP contribution >= 0.6 is 0 Å². The third-order valence-corrected chi connectivity index (χ3v) is 3.82. The number of methoxy groups -OCH3 is 1. The van der Waals surface area contributed by atoms with Crippen molar-refractivity contribution in [2.45, 2.75) is 13.0 Å². The summed E-state index contributed by atoms with van der Waals surface area (Å²) in [7, 11) is 1.34. The van der Waals surface area contributed by atoms with Gasteiger partial charge in [0.1, 0.15) is 5.75 Å². The van der Waals surface area contributed by atoms with Crippen LogP contribution in [0.1, 0.15) is 22.9 Å². The van der Waals surface area contributed by atoms with E-state index in [0.29, 0.717) is 11.7 Å². The number of rotatable bonds is 6. The summed E-state index contributed by atoms with van der Waals surface area (Å²) in [5.74, 6) is 0.412. The quantitative estimate of drug-likeness (QED) is 0.536. The van der Waals surface area contributed by atoms with Gasteiger partial charge in [-0.2, -0.15) is 5.10 Å². The number of nitrogens with two attached hydrogens (primary N) is 1. The number of nitrogens with zero attached hydrogens (tertiary/aromatic N) is 3. The number of aromatic nitrogens is 2. The summed E-state index contributed by atoms with van der Waals surface area (Å²) in [6.07, 6.45) is 2.57. The number of carbonyl (C=O) groups excluding carboxylic acids is 1. The fourth-order valence-corrected chi connectivity index (χ4v) is 2.48. The van der Waals surface area contributed by atoms with Crippen LogP contribution < -0.4 is 10.5 Å². The predicted octanol–water partition coefficient (Wildman–Crippen LogP) is 2.95. The maximum Gasteiger partial charge on any atom is 0.351 e. The number of hydrogen-bond acceptors (Lipinski definition) is 6. The van der Waals surface area contributed by atoms with Crippen LogP contribution in [0.2, 0.25) is 0 Å². The van der Waals surface area contributed by atoms with Crippen molar-refractivity contribution in [2.24, 2.45) is 5.10 Å². The summed E-state index contributed by atoms with van der Waals surface area (Å²) >= 11 is 0. The summed E-state index contributed by atoms with van der Waals surface area (Å²) < 4.78 is 12.2. The van der Waals surface area contributed by atoms with E-state index in [1.54, 1.807) is 24.5 Å². The highest BCUT2D eigenvalue weighted by Crippen LogP contribution is 2.23. The fourth-order valence-electron chi connectivity index (χ4n) is 2.48. The average molecular weight is 364 g/mol. The molecule has 0 spiro atoms. The van der Waals surface area contributed by atoms with Crippen molar-refractivity contribution in [2.75, 3.05) is 12.8 Å². The largest absolute Gasteiger partial charge is 0.474 e. The number of carbonyl (C=O) groups is 1. The van der Waals surface area contributed by atoms with Gasteiger partial charge in [0.15, 0.2) is 0 Å². The van der Waals surface area contributed by atoms with Gasteiger partial charge in [-0.25, -0.2) is 14.5 Å². The first-order valence-corrected chi connectivity index (χ1v) is 8.32. The van der Waals surface area contributed by atoms with Crippen molar-refractivity contribution in [3.63, 3.8) is 0 Å². The molecule has 1 aromatic heterocycles. The fraction of sp³-hybridized carbons (Fsp3) is 0.150. The van der Waals surface area contributed by atoms with Crippen LogP contribution in [0.3, 0.4) is 0 Å². The third kappa shape index (κ3) is 4.52. The molecule has 3 rings (SSSR count). The van der Waals surface area contributed by atoms with Gasteiger partial charge < -0.3 is 15.2 Å². The van der Waals surface area contributed by atoms with Crippen LogP contribution in [-0.4, -0.2) is 29.0 Å². The van der Waals surface area contributed by atoms with E-state index >= 15 is 0 Å². The number of benzene rings is 2. The first-order chi connectivity index (χ1) is 13.1. The van der Waals surface area contributed by atoms with Crippen molar-refractivity contribution < 1.29 is 14.3 Å². The topological polar surface area (TPSA) is 91.7 Å². The molecule has 0 fully saturated rings. The molecular formula is C20H20N4O3. The maximum absolute atomic E-state index is 12.1. The zero-order valence-electron chi connectivity index (χ0n) is 15.1. The Morgan fingerprint density at radius 3 is 2.48 bits per heavy atom. The predicted molar refractivity (Wildman–Crippen MR) is 103 cm³/mol. The van der Waals surface area contributed by atoms with Gasteiger partial charge in [-0.15, -0.1) is 0 Å². The molecule has 0 aliphatic carbocycles. The van der Waals surface area contributed by atoms with Gasteiger partial charge in [-0.3, -0.25) is 0 Å². The minimum atomic E-state index is -0.829. The molecule has 2 aromatic carbocycles. The van der Waals surface area contributed by atoms with E-state index in [0.717, 1.165) is 16.8 Å². The summed E-state index contributed by atoms with van der Waals surface area (Å²) in [6, 6.07) is 16.4. The Hall–Kier alpha value is -3.61. The minimum absolute atomic E-state index is 0.326. The summed E-state index contributed by atoms with van der Waals surface area (Å²) in [5, 5.41) is 4.27. The molecule has 3 aromatic rings. The number of nitrogen functional groups attached to an aromatic ring is 1. The number of imidazole rings is 1. The molecular weight excluding hydrogens is 344 g/mol. The smallest absolute Gasteiger partial charge is 0.351 e. The Labute approximate surface area is 157 Å². The second kappa shape index (κ2) is 8.18. The Balaban J connectivity index is 1.74. The van der Waals surface area contributed by atoms with Crippen molar-refractivity contribution in [3.05, 3.63) is 77.6 Å². The van der Waals surface area contributed by atoms with Gasteiger partial charge in [-0.1, -0.05) is 30.3 Å². The number of aryl methyl sites for hydroxylation is 1. The Morgan fingerprint density at radius 2 is 1.89 bits per heavy atom. The first-order valence-electron chi connectivity index (χ1n) is 8.32. The van der Waals surface area contributed by atoms with E-state index in [-0.39, 0.29) is 0 Å². The van der Waals surface area contributed by atoms with E-state index in [1.165, 1.54) is 11.8 Å². The lowest BCUT2D eigenvalue weighted by Gasteiger charge is -2.17. The molecule has 1 unspecified atom stereocenters. The summed E-state index contributed by atoms with van der Waals surface area (Å²) in [5.41, 5.74) is 8.12. The number of ether oxygens (including phenoxy) is 2. The zero-order chi connectivity index (χ0) is 19.2. The van der Waals surface area contributed by atoms with Crippen LogP contribution in [0.5, 0.6) is 5.75 Å². The Kier molecular flexibility index (Phi) is 5.51. The zero-order valence-corrected chi connectivity index (χ0v) is 15.1. The molecule has 0 amide bonds. The van der Waals surface area contributed by atoms with Gasteiger partial charge >= 0.3 is 5.97 Å². The Morgan fingerprint density at radius 1 is 1.19 bits per heavy atom. The molecule has 0 radical (unpaired) electrons. The summed E-state index contributed by atoms with van der Waals surface area (Å²) in [4.78, 5) is 16.2. The van der Waals surface area contributed by atoms with Crippen molar-refractivity contribution in [1.82, 2.24) is 9.66 Å². The van der Waals surface area contributed by atoms with Gasteiger partial charge in [0.2, 0.25) is 12.1 Å². The molecule has 0 saturated heterocycles. The van der Waals surface area contributed by atoms with Crippen LogP contribution in [0.15, 0.2) is 65.9 Å². The molecule has 0 saturated carbocycles. The first kappa shape index (κ1) is 18.2. The molecule has 0 bridgehead atoms. The molecule has 0 aliphatic heterocycles. The molecule has 138 valence electrons. The van der Waals surface area contributed by atoms with Crippen LogP contribution in [0.4, 0.5) is 5.95 Å². The monoisotopic (exact) mass is 364 g/mol. The van der Waals surface area contributed by atoms with Crippen molar-refractivity contribution in [3.8, 4) is 5.75 Å². The van der Waals surface area contributed by atoms with E-state index < -0.39 is 12.1 Å². The lowest BCUT2D eigenvalue weighted by Crippen LogP contribution is -2.20. The molecule has 7 nitrogen and oxygen atoms in total. The van der Waals surface area contributed by atoms with Crippen LogP contribution in [0, 0.1) is 6.92 Å². The van der Waals surface area contributed by atoms with Gasteiger partial charge in [0, 0.05) is 5.56 Å². The van der Waals surface area contributed by atoms with Crippen molar-refractivity contribution in [1.29, 1.82) is 0 Å². The molecule has 7 heteroatoms. The van der Waals surface area contributed by atoms with Gasteiger partial charge in [0.05, 0.1) is 25.2 Å². The molecule has 1 atom stereocenters. The van der Waals surface area contributed by atoms with E-state index in [4.69, 9.17) is 15.2 Å². The van der Waals surface area contributed by atoms with Crippen molar-refractivity contribution >= 4 is 18.1 Å². The molecule has 2 N–H and O–H groups in total. The average Bonchev–Trinajstić information content (AvgIpc) is 3.02. The highest BCUT2D eigenvalue weighted by Gasteiger charge is 2.23. The van der Waals surface area contributed by atoms with E-state index in [1.807, 2.05) is 49.4 Å². The molecule has 27 heavy (non-hydrogen) atoms. The number of esters is 1. The standard InChI is InChI=1S/C20H20N4O3/c1-14-13-24(20(21)23-14)22-12-15-8-10-17(11-9-15)27-18(19(25)26-2)16-6-4-3-5-7-16/h3-13,18H,1-2H3,(H2,21,23). The minimum Gasteiger partial charge on any atom is -0.474 e. The Bertz CT molecular complexity index is 934. The lowest BCUT2D eigenvalue weighted by atomic mass is 10.1. The number of hydrogen-bond donors (Lipinski definition) is 1. The van der Waals surface area contributed by atoms with E-state index in [9.17, 15) is 4.79 Å². The summed E-state index contributed by atoms with van der Waals surface area (Å²) in [6.45, 7) is 1.85. The molecule has 0 aliphatic rings. The highest BCUT2D eigenvalue weighted by atomic mass is 16.6. The maximum atomic E-state index is 12.1. The van der Waals surface area contributed by atoms with E-state index in [2.05, 4.69) is 10.1 Å². The highest BCUT2D eigenvalue weighted by molar-refractivity contribution is 5.80. The lowest BCUT2D eigenvalue weighted by molar-refractivity contribution is -0.149. The van der Waals surface area contributed by atoms with Crippen LogP contribution in [-0.2, 0) is 9.53 Å². The second-order valence-electron chi connectivity index (χ2n) is 5.83. The normalized spacial score (nSPS) is 12.1. The third-order valence-electron chi connectivity index (χ3n) is 3.82. The number of anilines is 1. The SMILES string of the molecule is COC(=O)C(Oc1ccc(C=Nn2cc(C)nc2N)cc1)c1ccccc1. The van der Waals surface area contributed by atoms with Crippen LogP contribution in [0.25, 0.3) is 0 Å². The second-order valence-corrected chi connectivity index (χ2v) is 5.83. The molecule has 1 heterocycles. The van der Waals surface area contributed by atoms with Gasteiger partial charge in [0.25, 0.3) is 0 Å².